The standard InChI is InChI=1S/C14H19N/c1-11-9-12-7-8-15(14(12)10-11)13-5-3-2-4-6-13/h2-6,11-12,14H,7-10H2,1H3. The first-order chi connectivity index (χ1) is 7.34. The second-order valence-electron chi connectivity index (χ2n) is 5.22. The van der Waals surface area contributed by atoms with E-state index in [1.54, 1.807) is 0 Å². The third kappa shape index (κ3) is 1.54. The second-order valence-corrected chi connectivity index (χ2v) is 5.22. The molecule has 0 spiro atoms. The fourth-order valence-electron chi connectivity index (χ4n) is 3.48. The molecule has 3 rings (SSSR count). The maximum absolute atomic E-state index is 2.63. The first-order valence-corrected chi connectivity index (χ1v) is 6.16. The van der Waals surface area contributed by atoms with E-state index in [4.69, 9.17) is 0 Å². The molecule has 0 amide bonds. The molecule has 0 radical (unpaired) electrons. The average molecular weight is 201 g/mol. The summed E-state index contributed by atoms with van der Waals surface area (Å²) in [5.74, 6) is 1.91. The maximum atomic E-state index is 2.63. The molecule has 1 heterocycles. The topological polar surface area (TPSA) is 3.24 Å². The van der Waals surface area contributed by atoms with Crippen LogP contribution in [-0.4, -0.2) is 12.6 Å². The fourth-order valence-corrected chi connectivity index (χ4v) is 3.48. The molecule has 2 fully saturated rings. The molecule has 3 atom stereocenters. The third-order valence-electron chi connectivity index (χ3n) is 4.12. The molecule has 2 aliphatic rings. The molecular weight excluding hydrogens is 182 g/mol. The molecule has 1 saturated heterocycles. The van der Waals surface area contributed by atoms with Gasteiger partial charge in [0.05, 0.1) is 0 Å². The van der Waals surface area contributed by atoms with Crippen molar-refractivity contribution in [2.75, 3.05) is 11.4 Å². The lowest BCUT2D eigenvalue weighted by Crippen LogP contribution is -2.29. The summed E-state index contributed by atoms with van der Waals surface area (Å²) in [6, 6.07) is 11.8. The van der Waals surface area contributed by atoms with Gasteiger partial charge in [-0.05, 0) is 43.2 Å². The number of rotatable bonds is 1. The Kier molecular flexibility index (Phi) is 2.19. The summed E-state index contributed by atoms with van der Waals surface area (Å²) in [6.07, 6.45) is 4.26. The lowest BCUT2D eigenvalue weighted by atomic mass is 10.0. The van der Waals surface area contributed by atoms with E-state index in [0.717, 1.165) is 17.9 Å². The van der Waals surface area contributed by atoms with Gasteiger partial charge in [-0.25, -0.2) is 0 Å². The van der Waals surface area contributed by atoms with Crippen LogP contribution >= 0.6 is 0 Å². The van der Waals surface area contributed by atoms with E-state index in [0.29, 0.717) is 0 Å². The Morgan fingerprint density at radius 2 is 1.93 bits per heavy atom. The molecule has 1 aliphatic carbocycles. The first kappa shape index (κ1) is 9.26. The molecule has 1 saturated carbocycles. The lowest BCUT2D eigenvalue weighted by molar-refractivity contribution is 0.519. The van der Waals surface area contributed by atoms with Crippen LogP contribution in [0.25, 0.3) is 0 Å². The average Bonchev–Trinajstić information content (AvgIpc) is 2.77. The van der Waals surface area contributed by atoms with Gasteiger partial charge < -0.3 is 4.90 Å². The molecule has 80 valence electrons. The summed E-state index contributed by atoms with van der Waals surface area (Å²) >= 11 is 0. The Morgan fingerprint density at radius 1 is 1.13 bits per heavy atom. The van der Waals surface area contributed by atoms with Gasteiger partial charge in [0.2, 0.25) is 0 Å². The molecule has 0 bridgehead atoms. The lowest BCUT2D eigenvalue weighted by Gasteiger charge is -2.26. The summed E-state index contributed by atoms with van der Waals surface area (Å²) in [4.78, 5) is 2.63. The van der Waals surface area contributed by atoms with Crippen LogP contribution in [-0.2, 0) is 0 Å². The van der Waals surface area contributed by atoms with Crippen molar-refractivity contribution in [3.63, 3.8) is 0 Å². The zero-order chi connectivity index (χ0) is 10.3. The zero-order valence-electron chi connectivity index (χ0n) is 9.39. The Bertz CT molecular complexity index is 332. The number of para-hydroxylation sites is 1. The molecule has 1 aromatic rings. The van der Waals surface area contributed by atoms with Crippen LogP contribution < -0.4 is 4.90 Å². The normalized spacial score (nSPS) is 34.5. The number of hydrogen-bond acceptors (Lipinski definition) is 1. The molecule has 0 aromatic heterocycles. The minimum atomic E-state index is 0.836. The van der Waals surface area contributed by atoms with Gasteiger partial charge in [0, 0.05) is 18.3 Å². The zero-order valence-corrected chi connectivity index (χ0v) is 9.39. The summed E-state index contributed by atoms with van der Waals surface area (Å²) in [6.45, 7) is 3.67. The molecule has 1 aromatic carbocycles. The van der Waals surface area contributed by atoms with Crippen molar-refractivity contribution < 1.29 is 0 Å². The van der Waals surface area contributed by atoms with E-state index in [1.807, 2.05) is 0 Å². The summed E-state index contributed by atoms with van der Waals surface area (Å²) in [7, 11) is 0. The molecule has 15 heavy (non-hydrogen) atoms. The molecule has 0 N–H and O–H groups in total. The van der Waals surface area contributed by atoms with E-state index in [1.165, 1.54) is 31.5 Å². The molecule has 3 unspecified atom stereocenters. The summed E-state index contributed by atoms with van der Waals surface area (Å²) in [5, 5.41) is 0. The van der Waals surface area contributed by atoms with Gasteiger partial charge in [-0.1, -0.05) is 25.1 Å². The summed E-state index contributed by atoms with van der Waals surface area (Å²) < 4.78 is 0. The van der Waals surface area contributed by atoms with Crippen molar-refractivity contribution in [2.24, 2.45) is 11.8 Å². The molecule has 1 nitrogen and oxygen atoms in total. The van der Waals surface area contributed by atoms with Crippen LogP contribution in [0.1, 0.15) is 26.2 Å². The largest absolute Gasteiger partial charge is 0.368 e. The predicted molar refractivity (Wildman–Crippen MR) is 64.1 cm³/mol. The SMILES string of the molecule is CC1CC2CCN(c3ccccc3)C2C1. The monoisotopic (exact) mass is 201 g/mol. The van der Waals surface area contributed by atoms with Gasteiger partial charge in [0.1, 0.15) is 0 Å². The second kappa shape index (κ2) is 3.55. The van der Waals surface area contributed by atoms with Crippen LogP contribution in [0.4, 0.5) is 5.69 Å². The Labute approximate surface area is 92.1 Å². The van der Waals surface area contributed by atoms with Gasteiger partial charge in [0.25, 0.3) is 0 Å². The van der Waals surface area contributed by atoms with Crippen LogP contribution in [0.2, 0.25) is 0 Å². The van der Waals surface area contributed by atoms with Crippen LogP contribution in [0.3, 0.4) is 0 Å². The van der Waals surface area contributed by atoms with Gasteiger partial charge in [-0.15, -0.1) is 0 Å². The van der Waals surface area contributed by atoms with Crippen molar-refractivity contribution in [2.45, 2.75) is 32.2 Å². The Hall–Kier alpha value is -0.980. The van der Waals surface area contributed by atoms with E-state index in [2.05, 4.69) is 42.2 Å². The third-order valence-corrected chi connectivity index (χ3v) is 4.12. The maximum Gasteiger partial charge on any atom is 0.0368 e. The van der Waals surface area contributed by atoms with Crippen LogP contribution in [0, 0.1) is 11.8 Å². The summed E-state index contributed by atoms with van der Waals surface area (Å²) in [5.41, 5.74) is 1.43. The van der Waals surface area contributed by atoms with Crippen molar-refractivity contribution >= 4 is 5.69 Å². The van der Waals surface area contributed by atoms with E-state index in [9.17, 15) is 0 Å². The number of nitrogens with zero attached hydrogens (tertiary/aromatic N) is 1. The number of anilines is 1. The quantitative estimate of drug-likeness (QED) is 0.673. The number of fused-ring (bicyclic) bond motifs is 1. The predicted octanol–water partition coefficient (Wildman–Crippen LogP) is 3.31. The minimum Gasteiger partial charge on any atom is -0.368 e. The number of hydrogen-bond donors (Lipinski definition) is 0. The van der Waals surface area contributed by atoms with Gasteiger partial charge in [-0.2, -0.15) is 0 Å². The van der Waals surface area contributed by atoms with Crippen molar-refractivity contribution in [1.82, 2.24) is 0 Å². The van der Waals surface area contributed by atoms with E-state index >= 15 is 0 Å². The Balaban J connectivity index is 1.84. The Morgan fingerprint density at radius 3 is 2.73 bits per heavy atom. The van der Waals surface area contributed by atoms with Crippen molar-refractivity contribution in [1.29, 1.82) is 0 Å². The van der Waals surface area contributed by atoms with Crippen LogP contribution in [0.15, 0.2) is 30.3 Å². The van der Waals surface area contributed by atoms with E-state index in [-0.39, 0.29) is 0 Å². The van der Waals surface area contributed by atoms with E-state index < -0.39 is 0 Å². The number of benzene rings is 1. The highest BCUT2D eigenvalue weighted by atomic mass is 15.2. The van der Waals surface area contributed by atoms with Crippen molar-refractivity contribution in [3.05, 3.63) is 30.3 Å². The van der Waals surface area contributed by atoms with Crippen molar-refractivity contribution in [3.8, 4) is 0 Å². The first-order valence-electron chi connectivity index (χ1n) is 6.16. The molecule has 1 heteroatoms. The smallest absolute Gasteiger partial charge is 0.0368 e. The minimum absolute atomic E-state index is 0.836. The van der Waals surface area contributed by atoms with Crippen LogP contribution in [0.5, 0.6) is 0 Å². The highest BCUT2D eigenvalue weighted by Gasteiger charge is 2.40. The highest BCUT2D eigenvalue weighted by molar-refractivity contribution is 5.48. The fraction of sp³-hybridized carbons (Fsp3) is 0.571. The van der Waals surface area contributed by atoms with Gasteiger partial charge in [-0.3, -0.25) is 0 Å². The van der Waals surface area contributed by atoms with Gasteiger partial charge in [0.15, 0.2) is 0 Å². The highest BCUT2D eigenvalue weighted by Crippen LogP contribution is 2.42. The molecular formula is C14H19N. The molecule has 1 aliphatic heterocycles. The van der Waals surface area contributed by atoms with Gasteiger partial charge >= 0.3 is 0 Å².